The number of rotatable bonds is 4. The van der Waals surface area contributed by atoms with Crippen molar-refractivity contribution in [3.05, 3.63) is 42.2 Å². The number of nitrogens with zero attached hydrogens (tertiary/aromatic N) is 3. The number of benzene rings is 1. The number of H-pyrrole nitrogens is 1. The third kappa shape index (κ3) is 3.25. The molecule has 2 aromatic heterocycles. The number of hydrogen-bond donors (Lipinski definition) is 2. The highest BCUT2D eigenvalue weighted by atomic mass is 16.6. The fraction of sp³-hybridized carbons (Fsp3) is 0.316. The smallest absolute Gasteiger partial charge is 0.411 e. The highest BCUT2D eigenvalue weighted by molar-refractivity contribution is 5.98. The van der Waals surface area contributed by atoms with E-state index in [0.29, 0.717) is 6.42 Å². The molecular weight excluding hydrogens is 330 g/mol. The Hall–Kier alpha value is -2.93. The van der Waals surface area contributed by atoms with Crippen molar-refractivity contribution in [2.45, 2.75) is 18.9 Å². The molecule has 1 aliphatic rings. The predicted molar refractivity (Wildman–Crippen MR) is 100 cm³/mol. The van der Waals surface area contributed by atoms with Crippen LogP contribution in [0.15, 0.2) is 36.7 Å². The third-order valence-corrected chi connectivity index (χ3v) is 4.60. The highest BCUT2D eigenvalue weighted by Gasteiger charge is 2.24. The first-order chi connectivity index (χ1) is 12.6. The fourth-order valence-corrected chi connectivity index (χ4v) is 3.27. The van der Waals surface area contributed by atoms with E-state index in [0.717, 1.165) is 46.4 Å². The molecule has 1 aromatic carbocycles. The van der Waals surface area contributed by atoms with Gasteiger partial charge in [-0.2, -0.15) is 5.10 Å². The van der Waals surface area contributed by atoms with Gasteiger partial charge in [0.2, 0.25) is 0 Å². The number of carbonyl (C=O) groups excluding carboxylic acids is 1. The zero-order valence-corrected chi connectivity index (χ0v) is 14.8. The molecule has 4 rings (SSSR count). The summed E-state index contributed by atoms with van der Waals surface area (Å²) < 4.78 is 5.55. The molecule has 0 fully saturated rings. The SMILES string of the molecule is CN(C)CCC1Cc2cc3c(-c4ccncc4)n[nH]c3cc2NC(=O)O1. The van der Waals surface area contributed by atoms with E-state index >= 15 is 0 Å². The van der Waals surface area contributed by atoms with E-state index in [2.05, 4.69) is 31.5 Å². The number of ether oxygens (including phenoxy) is 1. The van der Waals surface area contributed by atoms with E-state index in [4.69, 9.17) is 4.74 Å². The average molecular weight is 351 g/mol. The third-order valence-electron chi connectivity index (χ3n) is 4.60. The summed E-state index contributed by atoms with van der Waals surface area (Å²) in [5, 5.41) is 11.4. The number of cyclic esters (lactones) is 1. The van der Waals surface area contributed by atoms with E-state index in [1.165, 1.54) is 0 Å². The molecule has 134 valence electrons. The summed E-state index contributed by atoms with van der Waals surface area (Å²) in [6.07, 6.45) is 4.43. The topological polar surface area (TPSA) is 83.1 Å². The van der Waals surface area contributed by atoms with Crippen molar-refractivity contribution in [1.29, 1.82) is 0 Å². The summed E-state index contributed by atoms with van der Waals surface area (Å²) >= 11 is 0. The molecule has 1 aliphatic heterocycles. The van der Waals surface area contributed by atoms with Crippen LogP contribution in [-0.4, -0.2) is 52.9 Å². The summed E-state index contributed by atoms with van der Waals surface area (Å²) in [6, 6.07) is 7.90. The monoisotopic (exact) mass is 351 g/mol. The number of pyridine rings is 1. The Balaban J connectivity index is 1.72. The number of hydrogen-bond acceptors (Lipinski definition) is 5. The number of amides is 1. The van der Waals surface area contributed by atoms with E-state index < -0.39 is 6.09 Å². The molecule has 0 saturated heterocycles. The van der Waals surface area contributed by atoms with E-state index in [1.54, 1.807) is 12.4 Å². The molecule has 1 unspecified atom stereocenters. The highest BCUT2D eigenvalue weighted by Crippen LogP contribution is 2.32. The Kier molecular flexibility index (Phi) is 4.30. The van der Waals surface area contributed by atoms with Crippen LogP contribution in [0.4, 0.5) is 10.5 Å². The maximum atomic E-state index is 12.1. The summed E-state index contributed by atoms with van der Waals surface area (Å²) in [4.78, 5) is 18.2. The molecule has 7 nitrogen and oxygen atoms in total. The first kappa shape index (κ1) is 16.5. The quantitative estimate of drug-likeness (QED) is 0.755. The van der Waals surface area contributed by atoms with Crippen molar-refractivity contribution >= 4 is 22.7 Å². The average Bonchev–Trinajstić information content (AvgIpc) is 2.95. The van der Waals surface area contributed by atoms with Crippen LogP contribution in [0, 0.1) is 0 Å². The van der Waals surface area contributed by atoms with Gasteiger partial charge in [-0.1, -0.05) is 0 Å². The van der Waals surface area contributed by atoms with Crippen LogP contribution in [0.3, 0.4) is 0 Å². The molecule has 2 N–H and O–H groups in total. The van der Waals surface area contributed by atoms with Gasteiger partial charge in [0.1, 0.15) is 11.8 Å². The second kappa shape index (κ2) is 6.76. The lowest BCUT2D eigenvalue weighted by Crippen LogP contribution is -2.25. The van der Waals surface area contributed by atoms with Gasteiger partial charge in [0.25, 0.3) is 0 Å². The molecular formula is C19H21N5O2. The second-order valence-corrected chi connectivity index (χ2v) is 6.81. The minimum Gasteiger partial charge on any atom is -0.446 e. The molecule has 1 amide bonds. The van der Waals surface area contributed by atoms with Gasteiger partial charge in [-0.15, -0.1) is 0 Å². The van der Waals surface area contributed by atoms with Crippen molar-refractivity contribution in [2.24, 2.45) is 0 Å². The zero-order chi connectivity index (χ0) is 18.1. The standard InChI is InChI=1S/C19H21N5O2/c1-24(2)8-5-14-9-13-10-15-17(11-16(13)21-19(25)26-14)22-23-18(15)12-3-6-20-7-4-12/h3-4,6-7,10-11,14H,5,8-9H2,1-2H3,(H,21,25)(H,22,23). The van der Waals surface area contributed by atoms with Crippen LogP contribution in [0.5, 0.6) is 0 Å². The van der Waals surface area contributed by atoms with Gasteiger partial charge < -0.3 is 9.64 Å². The van der Waals surface area contributed by atoms with Gasteiger partial charge >= 0.3 is 6.09 Å². The molecule has 1 atom stereocenters. The molecule has 0 bridgehead atoms. The summed E-state index contributed by atoms with van der Waals surface area (Å²) in [5.41, 5.74) is 4.60. The number of fused-ring (bicyclic) bond motifs is 2. The molecule has 0 radical (unpaired) electrons. The number of nitrogens with one attached hydrogen (secondary N) is 2. The van der Waals surface area contributed by atoms with Gasteiger partial charge in [-0.3, -0.25) is 15.4 Å². The first-order valence-electron chi connectivity index (χ1n) is 8.64. The summed E-state index contributed by atoms with van der Waals surface area (Å²) in [6.45, 7) is 0.865. The number of anilines is 1. The lowest BCUT2D eigenvalue weighted by atomic mass is 10.00. The fourth-order valence-electron chi connectivity index (χ4n) is 3.27. The molecule has 3 heterocycles. The summed E-state index contributed by atoms with van der Waals surface area (Å²) in [5.74, 6) is 0. The Labute approximate surface area is 151 Å². The number of aromatic nitrogens is 3. The molecule has 0 spiro atoms. The van der Waals surface area contributed by atoms with E-state index in [9.17, 15) is 4.79 Å². The maximum absolute atomic E-state index is 12.1. The minimum absolute atomic E-state index is 0.146. The second-order valence-electron chi connectivity index (χ2n) is 6.81. The van der Waals surface area contributed by atoms with Gasteiger partial charge in [-0.25, -0.2) is 4.79 Å². The number of carbonyl (C=O) groups is 1. The normalized spacial score (nSPS) is 16.9. The van der Waals surface area contributed by atoms with Crippen LogP contribution in [0.25, 0.3) is 22.2 Å². The van der Waals surface area contributed by atoms with Crippen LogP contribution in [-0.2, 0) is 11.2 Å². The molecule has 26 heavy (non-hydrogen) atoms. The van der Waals surface area contributed by atoms with Crippen LogP contribution >= 0.6 is 0 Å². The van der Waals surface area contributed by atoms with E-state index in [1.807, 2.05) is 32.3 Å². The molecule has 0 aliphatic carbocycles. The Morgan fingerprint density at radius 2 is 2.08 bits per heavy atom. The number of aromatic amines is 1. The van der Waals surface area contributed by atoms with Gasteiger partial charge in [0, 0.05) is 42.0 Å². The van der Waals surface area contributed by atoms with Crippen molar-refractivity contribution < 1.29 is 9.53 Å². The van der Waals surface area contributed by atoms with Crippen molar-refractivity contribution in [3.63, 3.8) is 0 Å². The van der Waals surface area contributed by atoms with Gasteiger partial charge in [0.05, 0.1) is 5.52 Å². The minimum atomic E-state index is -0.402. The van der Waals surface area contributed by atoms with Gasteiger partial charge in [-0.05, 0) is 50.3 Å². The molecule has 0 saturated carbocycles. The van der Waals surface area contributed by atoms with Crippen molar-refractivity contribution in [1.82, 2.24) is 20.1 Å². The lowest BCUT2D eigenvalue weighted by molar-refractivity contribution is 0.102. The Morgan fingerprint density at radius 1 is 1.27 bits per heavy atom. The lowest BCUT2D eigenvalue weighted by Gasteiger charge is -2.17. The maximum Gasteiger partial charge on any atom is 0.411 e. The predicted octanol–water partition coefficient (Wildman–Crippen LogP) is 3.05. The van der Waals surface area contributed by atoms with Crippen molar-refractivity contribution in [2.75, 3.05) is 26.0 Å². The molecule has 7 heteroatoms. The van der Waals surface area contributed by atoms with E-state index in [-0.39, 0.29) is 6.10 Å². The Morgan fingerprint density at radius 3 is 2.85 bits per heavy atom. The zero-order valence-electron chi connectivity index (χ0n) is 14.8. The largest absolute Gasteiger partial charge is 0.446 e. The van der Waals surface area contributed by atoms with Crippen LogP contribution in [0.2, 0.25) is 0 Å². The first-order valence-corrected chi connectivity index (χ1v) is 8.64. The van der Waals surface area contributed by atoms with Gasteiger partial charge in [0.15, 0.2) is 0 Å². The summed E-state index contributed by atoms with van der Waals surface area (Å²) in [7, 11) is 4.03. The van der Waals surface area contributed by atoms with Crippen molar-refractivity contribution in [3.8, 4) is 11.3 Å². The van der Waals surface area contributed by atoms with Crippen LogP contribution in [0.1, 0.15) is 12.0 Å². The van der Waals surface area contributed by atoms with Crippen LogP contribution < -0.4 is 5.32 Å². The molecule has 3 aromatic rings. The Bertz CT molecular complexity index is 936.